The van der Waals surface area contributed by atoms with Crippen LogP contribution in [0.3, 0.4) is 0 Å². The lowest BCUT2D eigenvalue weighted by atomic mass is 9.84. The number of hydrogen-bond donors (Lipinski definition) is 1. The minimum absolute atomic E-state index is 0.0390. The number of hydrogen-bond acceptors (Lipinski definition) is 5. The normalized spacial score (nSPS) is 20.4. The van der Waals surface area contributed by atoms with Crippen molar-refractivity contribution in [1.82, 2.24) is 14.7 Å². The number of ether oxygens (including phenoxy) is 1. The van der Waals surface area contributed by atoms with Crippen molar-refractivity contribution in [2.24, 2.45) is 7.05 Å². The van der Waals surface area contributed by atoms with Gasteiger partial charge in [0, 0.05) is 56.1 Å². The van der Waals surface area contributed by atoms with Crippen LogP contribution in [-0.4, -0.2) is 43.8 Å². The van der Waals surface area contributed by atoms with E-state index in [0.29, 0.717) is 55.7 Å². The highest BCUT2D eigenvalue weighted by molar-refractivity contribution is 5.75. The van der Waals surface area contributed by atoms with E-state index in [1.165, 1.54) is 0 Å². The summed E-state index contributed by atoms with van der Waals surface area (Å²) < 4.78 is 35.7. The Morgan fingerprint density at radius 1 is 1.07 bits per heavy atom. The molecule has 1 atom stereocenters. The first kappa shape index (κ1) is 28.4. The summed E-state index contributed by atoms with van der Waals surface area (Å²) in [6.45, 7) is 7.24. The van der Waals surface area contributed by atoms with Gasteiger partial charge in [0.05, 0.1) is 6.20 Å². The molecule has 1 N–H and O–H groups in total. The maximum absolute atomic E-state index is 14.3. The Hall–Kier alpha value is -3.72. The van der Waals surface area contributed by atoms with E-state index in [1.54, 1.807) is 35.1 Å². The third-order valence-corrected chi connectivity index (χ3v) is 8.54. The molecule has 0 spiro atoms. The maximum atomic E-state index is 14.3. The third kappa shape index (κ3) is 5.42. The van der Waals surface area contributed by atoms with Crippen LogP contribution in [-0.2, 0) is 31.3 Å². The maximum Gasteiger partial charge on any atom is 0.410 e. The van der Waals surface area contributed by atoms with Crippen molar-refractivity contribution in [3.05, 3.63) is 76.6 Å². The summed E-state index contributed by atoms with van der Waals surface area (Å²) in [5, 5.41) is 16.1. The molecule has 2 aromatic carbocycles. The SMILES string of the molecule is Cn1cc(-c2cc3c(cc2C(F)F)N(C2(O)CC=C(c4ccc5c(c4)CN(C(=O)OC(C)(C)C)C5)CC2)CCC3)cn1. The Morgan fingerprint density at radius 3 is 2.52 bits per heavy atom. The number of aliphatic hydroxyl groups is 1. The number of carbonyl (C=O) groups is 1. The van der Waals surface area contributed by atoms with E-state index in [0.717, 1.165) is 40.7 Å². The van der Waals surface area contributed by atoms with Crippen LogP contribution < -0.4 is 4.90 Å². The van der Waals surface area contributed by atoms with Gasteiger partial charge in [-0.3, -0.25) is 9.58 Å². The summed E-state index contributed by atoms with van der Waals surface area (Å²) in [4.78, 5) is 16.3. The molecule has 1 aliphatic carbocycles. The summed E-state index contributed by atoms with van der Waals surface area (Å²) in [6.07, 6.45) is 5.65. The fourth-order valence-electron chi connectivity index (χ4n) is 6.45. The van der Waals surface area contributed by atoms with Gasteiger partial charge in [-0.15, -0.1) is 0 Å². The highest BCUT2D eigenvalue weighted by atomic mass is 19.3. The number of anilines is 1. The number of amides is 1. The van der Waals surface area contributed by atoms with Crippen molar-refractivity contribution in [3.8, 4) is 11.1 Å². The summed E-state index contributed by atoms with van der Waals surface area (Å²) in [5.74, 6) is 0. The molecule has 0 fully saturated rings. The highest BCUT2D eigenvalue weighted by Crippen LogP contribution is 2.44. The van der Waals surface area contributed by atoms with Gasteiger partial charge in [-0.05, 0) is 98.0 Å². The average Bonchev–Trinajstić information content (AvgIpc) is 3.57. The van der Waals surface area contributed by atoms with Crippen LogP contribution in [0.25, 0.3) is 16.7 Å². The number of carbonyl (C=O) groups excluding carboxylic acids is 1. The van der Waals surface area contributed by atoms with E-state index in [4.69, 9.17) is 4.74 Å². The topological polar surface area (TPSA) is 70.8 Å². The van der Waals surface area contributed by atoms with E-state index in [-0.39, 0.29) is 11.7 Å². The fourth-order valence-corrected chi connectivity index (χ4v) is 6.45. The predicted molar refractivity (Wildman–Crippen MR) is 158 cm³/mol. The van der Waals surface area contributed by atoms with E-state index in [2.05, 4.69) is 29.4 Å². The first-order valence-electron chi connectivity index (χ1n) is 14.6. The summed E-state index contributed by atoms with van der Waals surface area (Å²) in [6, 6.07) is 9.73. The van der Waals surface area contributed by atoms with Gasteiger partial charge < -0.3 is 14.7 Å². The zero-order valence-corrected chi connectivity index (χ0v) is 24.7. The Bertz CT molecular complexity index is 1560. The van der Waals surface area contributed by atoms with Crippen molar-refractivity contribution in [2.45, 2.75) is 83.7 Å². The molecule has 1 unspecified atom stereocenters. The van der Waals surface area contributed by atoms with Crippen LogP contribution in [0.1, 0.15) is 80.7 Å². The molecule has 2 aliphatic heterocycles. The lowest BCUT2D eigenvalue weighted by molar-refractivity contribution is 0.0240. The zero-order chi connectivity index (χ0) is 29.8. The summed E-state index contributed by atoms with van der Waals surface area (Å²) >= 11 is 0. The van der Waals surface area contributed by atoms with Crippen molar-refractivity contribution in [1.29, 1.82) is 0 Å². The number of fused-ring (bicyclic) bond motifs is 2. The molecule has 0 saturated carbocycles. The minimum atomic E-state index is -2.65. The van der Waals surface area contributed by atoms with Crippen LogP contribution in [0.4, 0.5) is 19.3 Å². The van der Waals surface area contributed by atoms with Crippen molar-refractivity contribution in [3.63, 3.8) is 0 Å². The van der Waals surface area contributed by atoms with Gasteiger partial charge in [0.25, 0.3) is 6.43 Å². The molecule has 0 saturated heterocycles. The summed E-state index contributed by atoms with van der Waals surface area (Å²) in [5.41, 5.74) is 5.55. The van der Waals surface area contributed by atoms with E-state index in [1.807, 2.05) is 31.7 Å². The van der Waals surface area contributed by atoms with Crippen LogP contribution >= 0.6 is 0 Å². The number of benzene rings is 2. The molecule has 7 nitrogen and oxygen atoms in total. The number of rotatable bonds is 4. The molecule has 3 heterocycles. The Kier molecular flexibility index (Phi) is 7.12. The second-order valence-corrected chi connectivity index (χ2v) is 12.8. The minimum Gasteiger partial charge on any atom is -0.444 e. The number of halogens is 2. The van der Waals surface area contributed by atoms with Gasteiger partial charge in [-0.2, -0.15) is 5.10 Å². The van der Waals surface area contributed by atoms with Gasteiger partial charge in [0.15, 0.2) is 0 Å². The number of aryl methyl sites for hydroxylation is 2. The fraction of sp³-hybridized carbons (Fsp3) is 0.455. The smallest absolute Gasteiger partial charge is 0.410 e. The largest absolute Gasteiger partial charge is 0.444 e. The van der Waals surface area contributed by atoms with Gasteiger partial charge in [-0.1, -0.05) is 18.2 Å². The average molecular weight is 577 g/mol. The Balaban J connectivity index is 1.22. The molecular formula is C33H38F2N4O3. The molecular weight excluding hydrogens is 538 g/mol. The van der Waals surface area contributed by atoms with Gasteiger partial charge >= 0.3 is 6.09 Å². The number of alkyl halides is 2. The van der Waals surface area contributed by atoms with E-state index >= 15 is 0 Å². The van der Waals surface area contributed by atoms with Gasteiger partial charge in [0.2, 0.25) is 0 Å². The van der Waals surface area contributed by atoms with E-state index in [9.17, 15) is 18.7 Å². The summed E-state index contributed by atoms with van der Waals surface area (Å²) in [7, 11) is 1.77. The monoisotopic (exact) mass is 576 g/mol. The lowest BCUT2D eigenvalue weighted by Crippen LogP contribution is -2.52. The zero-order valence-electron chi connectivity index (χ0n) is 24.7. The molecule has 222 valence electrons. The quantitative estimate of drug-likeness (QED) is 0.363. The first-order valence-corrected chi connectivity index (χ1v) is 14.6. The number of nitrogens with zero attached hydrogens (tertiary/aromatic N) is 4. The lowest BCUT2D eigenvalue weighted by Gasteiger charge is -2.46. The molecule has 1 aromatic heterocycles. The number of aromatic nitrogens is 2. The van der Waals surface area contributed by atoms with Crippen LogP contribution in [0, 0.1) is 0 Å². The molecule has 3 aromatic rings. The first-order chi connectivity index (χ1) is 19.9. The molecule has 42 heavy (non-hydrogen) atoms. The van der Waals surface area contributed by atoms with Crippen molar-refractivity contribution < 1.29 is 23.4 Å². The Labute approximate surface area is 245 Å². The molecule has 0 bridgehead atoms. The second kappa shape index (κ2) is 10.5. The Morgan fingerprint density at radius 2 is 1.86 bits per heavy atom. The van der Waals surface area contributed by atoms with E-state index < -0.39 is 17.8 Å². The third-order valence-electron chi connectivity index (χ3n) is 8.54. The van der Waals surface area contributed by atoms with Crippen LogP contribution in [0.2, 0.25) is 0 Å². The van der Waals surface area contributed by atoms with Crippen molar-refractivity contribution >= 4 is 17.4 Å². The molecule has 0 radical (unpaired) electrons. The highest BCUT2D eigenvalue weighted by Gasteiger charge is 2.39. The van der Waals surface area contributed by atoms with Crippen LogP contribution in [0.15, 0.2) is 48.8 Å². The van der Waals surface area contributed by atoms with Crippen molar-refractivity contribution in [2.75, 3.05) is 11.4 Å². The molecule has 1 amide bonds. The van der Waals surface area contributed by atoms with Gasteiger partial charge in [0.1, 0.15) is 11.3 Å². The molecule has 9 heteroatoms. The molecule has 3 aliphatic rings. The standard InChI is InChI=1S/C33H38F2N4O3/c1-32(2,3)42-31(40)38-19-24-8-7-22(14-25(24)20-38)21-9-11-33(41,12-10-21)39-13-5-6-23-15-27(26-17-36-37(4)18-26)28(30(34)35)16-29(23)39/h7-9,14-18,30,41H,5-6,10-13,19-20H2,1-4H3. The number of allylic oxidation sites excluding steroid dienone is 1. The van der Waals surface area contributed by atoms with Crippen LogP contribution in [0.5, 0.6) is 0 Å². The second-order valence-electron chi connectivity index (χ2n) is 12.8. The predicted octanol–water partition coefficient (Wildman–Crippen LogP) is 6.98. The molecule has 6 rings (SSSR count). The van der Waals surface area contributed by atoms with Gasteiger partial charge in [-0.25, -0.2) is 13.6 Å².